The molecule has 0 unspecified atom stereocenters. The van der Waals surface area contributed by atoms with E-state index >= 15 is 0 Å². The fourth-order valence-corrected chi connectivity index (χ4v) is 2.72. The molecular formula is C16H16ClN5O3. The minimum absolute atomic E-state index is 0.0511. The molecule has 2 amide bonds. The first-order chi connectivity index (χ1) is 12.0. The van der Waals surface area contributed by atoms with Gasteiger partial charge in [-0.3, -0.25) is 4.79 Å². The minimum Gasteiger partial charge on any atom is -0.410 e. The van der Waals surface area contributed by atoms with Gasteiger partial charge in [0, 0.05) is 24.7 Å². The molecule has 1 aliphatic heterocycles. The quantitative estimate of drug-likeness (QED) is 0.860. The van der Waals surface area contributed by atoms with E-state index in [9.17, 15) is 9.59 Å². The molecule has 0 bridgehead atoms. The molecule has 3 rings (SSSR count). The molecular weight excluding hydrogens is 346 g/mol. The van der Waals surface area contributed by atoms with Crippen molar-refractivity contribution in [3.63, 3.8) is 0 Å². The van der Waals surface area contributed by atoms with Crippen LogP contribution < -0.4 is 15.8 Å². The number of rotatable bonds is 4. The van der Waals surface area contributed by atoms with Crippen LogP contribution in [0, 0.1) is 0 Å². The molecule has 0 aliphatic carbocycles. The first kappa shape index (κ1) is 17.0. The summed E-state index contributed by atoms with van der Waals surface area (Å²) in [6, 6.07) is 6.41. The Morgan fingerprint density at radius 3 is 2.80 bits per heavy atom. The van der Waals surface area contributed by atoms with E-state index < -0.39 is 6.09 Å². The number of anilines is 1. The summed E-state index contributed by atoms with van der Waals surface area (Å²) in [5.41, 5.74) is 5.42. The number of nitrogens with one attached hydrogen (secondary N) is 1. The number of amides is 2. The zero-order chi connectivity index (χ0) is 17.8. The number of likely N-dealkylation sites (tertiary alicyclic amines) is 1. The summed E-state index contributed by atoms with van der Waals surface area (Å²) in [5, 5.41) is 3.65. The van der Waals surface area contributed by atoms with Crippen molar-refractivity contribution in [2.24, 2.45) is 5.73 Å². The van der Waals surface area contributed by atoms with E-state index in [1.54, 1.807) is 23.1 Å². The first-order valence-electron chi connectivity index (χ1n) is 7.62. The van der Waals surface area contributed by atoms with Crippen LogP contribution in [-0.2, 0) is 0 Å². The number of benzene rings is 1. The normalized spacial score (nSPS) is 16.5. The molecule has 3 N–H and O–H groups in total. The lowest BCUT2D eigenvalue weighted by Crippen LogP contribution is -2.31. The third kappa shape index (κ3) is 4.36. The van der Waals surface area contributed by atoms with Crippen molar-refractivity contribution in [3.8, 4) is 5.75 Å². The van der Waals surface area contributed by atoms with Gasteiger partial charge in [0.25, 0.3) is 5.91 Å². The van der Waals surface area contributed by atoms with Crippen LogP contribution in [0.1, 0.15) is 16.8 Å². The van der Waals surface area contributed by atoms with E-state index in [4.69, 9.17) is 22.1 Å². The van der Waals surface area contributed by atoms with Gasteiger partial charge in [0.1, 0.15) is 5.75 Å². The highest BCUT2D eigenvalue weighted by molar-refractivity contribution is 6.30. The molecule has 1 aromatic heterocycles. The zero-order valence-corrected chi connectivity index (χ0v) is 13.9. The maximum absolute atomic E-state index is 12.6. The summed E-state index contributed by atoms with van der Waals surface area (Å²) >= 11 is 5.76. The standard InChI is InChI=1S/C16H16ClN5O3/c17-11-7-19-16(20-8-11)21-12-4-5-22(9-12)14(23)10-2-1-3-13(6-10)25-15(18)24/h1-3,6-8,12H,4-5,9H2,(H2,18,24)(H,19,20,21)/t12-/m1/s1. The molecule has 0 saturated carbocycles. The molecule has 1 fully saturated rings. The number of hydrogen-bond donors (Lipinski definition) is 2. The third-order valence-electron chi connectivity index (χ3n) is 3.73. The SMILES string of the molecule is NC(=O)Oc1cccc(C(=O)N2CC[C@@H](Nc3ncc(Cl)cn3)C2)c1. The topological polar surface area (TPSA) is 110 Å². The van der Waals surface area contributed by atoms with Gasteiger partial charge in [-0.2, -0.15) is 0 Å². The lowest BCUT2D eigenvalue weighted by molar-refractivity contribution is 0.0791. The third-order valence-corrected chi connectivity index (χ3v) is 3.92. The van der Waals surface area contributed by atoms with Gasteiger partial charge < -0.3 is 20.7 Å². The smallest absolute Gasteiger partial charge is 0.409 e. The highest BCUT2D eigenvalue weighted by Crippen LogP contribution is 2.19. The summed E-state index contributed by atoms with van der Waals surface area (Å²) in [4.78, 5) is 33.3. The van der Waals surface area contributed by atoms with E-state index in [-0.39, 0.29) is 17.7 Å². The lowest BCUT2D eigenvalue weighted by atomic mass is 10.2. The van der Waals surface area contributed by atoms with E-state index in [0.717, 1.165) is 6.42 Å². The second kappa shape index (κ2) is 7.35. The Balaban J connectivity index is 1.62. The Bertz CT molecular complexity index is 784. The van der Waals surface area contributed by atoms with E-state index in [2.05, 4.69) is 15.3 Å². The average Bonchev–Trinajstić information content (AvgIpc) is 3.04. The van der Waals surface area contributed by atoms with Crippen molar-refractivity contribution in [1.82, 2.24) is 14.9 Å². The molecule has 25 heavy (non-hydrogen) atoms. The van der Waals surface area contributed by atoms with Gasteiger partial charge in [-0.05, 0) is 24.6 Å². The summed E-state index contributed by atoms with van der Waals surface area (Å²) in [6.45, 7) is 1.12. The van der Waals surface area contributed by atoms with Crippen molar-refractivity contribution in [2.45, 2.75) is 12.5 Å². The fourth-order valence-electron chi connectivity index (χ4n) is 2.62. The molecule has 8 nitrogen and oxygen atoms in total. The Hall–Kier alpha value is -2.87. The van der Waals surface area contributed by atoms with Crippen LogP contribution in [0.2, 0.25) is 5.02 Å². The monoisotopic (exact) mass is 361 g/mol. The Morgan fingerprint density at radius 2 is 2.08 bits per heavy atom. The van der Waals surface area contributed by atoms with Crippen LogP contribution in [-0.4, -0.2) is 46.0 Å². The van der Waals surface area contributed by atoms with Gasteiger partial charge >= 0.3 is 6.09 Å². The highest BCUT2D eigenvalue weighted by atomic mass is 35.5. The van der Waals surface area contributed by atoms with Crippen molar-refractivity contribution in [1.29, 1.82) is 0 Å². The average molecular weight is 362 g/mol. The van der Waals surface area contributed by atoms with Crippen molar-refractivity contribution in [3.05, 3.63) is 47.2 Å². The summed E-state index contributed by atoms with van der Waals surface area (Å²) < 4.78 is 4.81. The minimum atomic E-state index is -0.919. The molecule has 130 valence electrons. The van der Waals surface area contributed by atoms with Gasteiger partial charge in [0.15, 0.2) is 0 Å². The fraction of sp³-hybridized carbons (Fsp3) is 0.250. The van der Waals surface area contributed by atoms with E-state index in [0.29, 0.717) is 29.6 Å². The second-order valence-electron chi connectivity index (χ2n) is 5.55. The van der Waals surface area contributed by atoms with Crippen LogP contribution in [0.15, 0.2) is 36.7 Å². The molecule has 1 saturated heterocycles. The number of hydrogen-bond acceptors (Lipinski definition) is 6. The predicted octanol–water partition coefficient (Wildman–Crippen LogP) is 1.91. The van der Waals surface area contributed by atoms with Gasteiger partial charge in [0.05, 0.1) is 17.4 Å². The van der Waals surface area contributed by atoms with Crippen molar-refractivity contribution in [2.75, 3.05) is 18.4 Å². The van der Waals surface area contributed by atoms with Crippen molar-refractivity contribution < 1.29 is 14.3 Å². The molecule has 1 aromatic carbocycles. The number of primary amides is 1. The van der Waals surface area contributed by atoms with E-state index in [1.807, 2.05) is 0 Å². The van der Waals surface area contributed by atoms with E-state index in [1.165, 1.54) is 18.5 Å². The van der Waals surface area contributed by atoms with Crippen LogP contribution >= 0.6 is 11.6 Å². The van der Waals surface area contributed by atoms with Gasteiger partial charge in [-0.1, -0.05) is 17.7 Å². The zero-order valence-electron chi connectivity index (χ0n) is 13.2. The molecule has 0 radical (unpaired) electrons. The predicted molar refractivity (Wildman–Crippen MR) is 91.6 cm³/mol. The number of nitrogens with zero attached hydrogens (tertiary/aromatic N) is 3. The largest absolute Gasteiger partial charge is 0.410 e. The first-order valence-corrected chi connectivity index (χ1v) is 8.00. The van der Waals surface area contributed by atoms with Gasteiger partial charge in [0.2, 0.25) is 5.95 Å². The lowest BCUT2D eigenvalue weighted by Gasteiger charge is -2.17. The molecule has 2 heterocycles. The Labute approximate surface area is 149 Å². The van der Waals surface area contributed by atoms with Crippen LogP contribution in [0.4, 0.5) is 10.7 Å². The van der Waals surface area contributed by atoms with Crippen LogP contribution in [0.3, 0.4) is 0 Å². The number of halogens is 1. The number of aromatic nitrogens is 2. The number of nitrogens with two attached hydrogens (primary N) is 1. The number of carbonyl (C=O) groups excluding carboxylic acids is 2. The van der Waals surface area contributed by atoms with Gasteiger partial charge in [-0.25, -0.2) is 14.8 Å². The summed E-state index contributed by atoms with van der Waals surface area (Å²) in [7, 11) is 0. The van der Waals surface area contributed by atoms with Gasteiger partial charge in [-0.15, -0.1) is 0 Å². The second-order valence-corrected chi connectivity index (χ2v) is 5.99. The number of ether oxygens (including phenoxy) is 1. The number of carbonyl (C=O) groups is 2. The molecule has 2 aromatic rings. The maximum atomic E-state index is 12.6. The molecule has 1 aliphatic rings. The summed E-state index contributed by atoms with van der Waals surface area (Å²) in [5.74, 6) is 0.568. The Morgan fingerprint density at radius 1 is 1.32 bits per heavy atom. The molecule has 9 heteroatoms. The molecule has 1 atom stereocenters. The molecule has 0 spiro atoms. The van der Waals surface area contributed by atoms with Crippen molar-refractivity contribution >= 4 is 29.5 Å². The van der Waals surface area contributed by atoms with Crippen LogP contribution in [0.25, 0.3) is 0 Å². The highest BCUT2D eigenvalue weighted by Gasteiger charge is 2.27. The Kier molecular flexibility index (Phi) is 4.99. The van der Waals surface area contributed by atoms with Crippen LogP contribution in [0.5, 0.6) is 5.75 Å². The summed E-state index contributed by atoms with van der Waals surface area (Å²) in [6.07, 6.45) is 2.88. The maximum Gasteiger partial charge on any atom is 0.409 e.